The van der Waals surface area contributed by atoms with Gasteiger partial charge in [-0.3, -0.25) is 4.79 Å². The second kappa shape index (κ2) is 5.95. The highest BCUT2D eigenvalue weighted by atomic mass is 35.5. The Kier molecular flexibility index (Phi) is 4.03. The van der Waals surface area contributed by atoms with Crippen LogP contribution >= 0.6 is 11.6 Å². The van der Waals surface area contributed by atoms with Gasteiger partial charge in [0.05, 0.1) is 16.7 Å². The molecule has 0 atom stereocenters. The molecule has 0 radical (unpaired) electrons. The van der Waals surface area contributed by atoms with Gasteiger partial charge in [-0.15, -0.1) is 0 Å². The Hall–Kier alpha value is -1.73. The lowest BCUT2D eigenvalue weighted by molar-refractivity contribution is -0.124. The lowest BCUT2D eigenvalue weighted by atomic mass is 10.1. The van der Waals surface area contributed by atoms with Gasteiger partial charge in [-0.2, -0.15) is 5.26 Å². The molecular formula is C16H17ClN2O2. The zero-order valence-electron chi connectivity index (χ0n) is 11.6. The van der Waals surface area contributed by atoms with E-state index in [1.54, 1.807) is 12.1 Å². The van der Waals surface area contributed by atoms with Crippen LogP contribution in [0.15, 0.2) is 18.2 Å². The Balaban J connectivity index is 1.52. The van der Waals surface area contributed by atoms with E-state index in [0.717, 1.165) is 0 Å². The molecule has 110 valence electrons. The number of nitriles is 1. The summed E-state index contributed by atoms with van der Waals surface area (Å²) >= 11 is 6.01. The molecule has 0 saturated heterocycles. The average molecular weight is 305 g/mol. The molecule has 1 amide bonds. The molecule has 4 nitrogen and oxygen atoms in total. The van der Waals surface area contributed by atoms with Gasteiger partial charge in [0.2, 0.25) is 0 Å². The number of halogens is 1. The van der Waals surface area contributed by atoms with Crippen molar-refractivity contribution < 1.29 is 9.53 Å². The fourth-order valence-electron chi connectivity index (χ4n) is 2.59. The van der Waals surface area contributed by atoms with Crippen molar-refractivity contribution in [3.05, 3.63) is 28.8 Å². The van der Waals surface area contributed by atoms with Crippen molar-refractivity contribution in [1.29, 1.82) is 5.26 Å². The number of hydrogen-bond donors (Lipinski definition) is 1. The Morgan fingerprint density at radius 2 is 2.05 bits per heavy atom. The largest absolute Gasteiger partial charge is 0.482 e. The minimum atomic E-state index is -0.0979. The van der Waals surface area contributed by atoms with E-state index in [-0.39, 0.29) is 12.5 Å². The average Bonchev–Trinajstić information content (AvgIpc) is 3.36. The van der Waals surface area contributed by atoms with Gasteiger partial charge < -0.3 is 10.1 Å². The zero-order valence-corrected chi connectivity index (χ0v) is 12.4. The molecule has 21 heavy (non-hydrogen) atoms. The Bertz CT molecular complexity index is 576. The van der Waals surface area contributed by atoms with Crippen LogP contribution in [0.25, 0.3) is 0 Å². The normalized spacial score (nSPS) is 17.4. The SMILES string of the molecule is N#Cc1ccc(OCC(=O)NC(C2CC2)C2CC2)c(Cl)c1. The van der Waals surface area contributed by atoms with E-state index >= 15 is 0 Å². The molecule has 0 aromatic heterocycles. The number of amides is 1. The van der Waals surface area contributed by atoms with Crippen LogP contribution in [0.3, 0.4) is 0 Å². The number of hydrogen-bond acceptors (Lipinski definition) is 3. The summed E-state index contributed by atoms with van der Waals surface area (Å²) in [5.74, 6) is 1.67. The molecule has 0 aliphatic heterocycles. The van der Waals surface area contributed by atoms with Crippen LogP contribution in [0, 0.1) is 23.2 Å². The Morgan fingerprint density at radius 1 is 1.38 bits per heavy atom. The second-order valence-corrected chi connectivity index (χ2v) is 6.22. The van der Waals surface area contributed by atoms with Crippen molar-refractivity contribution in [1.82, 2.24) is 5.32 Å². The quantitative estimate of drug-likeness (QED) is 0.879. The van der Waals surface area contributed by atoms with E-state index in [9.17, 15) is 4.79 Å². The molecule has 2 aliphatic rings. The van der Waals surface area contributed by atoms with Crippen molar-refractivity contribution in [2.45, 2.75) is 31.7 Å². The van der Waals surface area contributed by atoms with Gasteiger partial charge in [0, 0.05) is 6.04 Å². The predicted molar refractivity (Wildman–Crippen MR) is 79.0 cm³/mol. The molecule has 0 spiro atoms. The number of nitrogens with one attached hydrogen (secondary N) is 1. The first-order valence-corrected chi connectivity index (χ1v) is 7.67. The highest BCUT2D eigenvalue weighted by Gasteiger charge is 2.42. The zero-order chi connectivity index (χ0) is 14.8. The summed E-state index contributed by atoms with van der Waals surface area (Å²) in [5, 5.41) is 12.2. The molecule has 2 aliphatic carbocycles. The molecule has 1 N–H and O–H groups in total. The standard InChI is InChI=1S/C16H17ClN2O2/c17-13-7-10(8-18)1-6-14(13)21-9-15(20)19-16(11-2-3-11)12-4-5-12/h1,6-7,11-12,16H,2-5,9H2,(H,19,20). The molecular weight excluding hydrogens is 288 g/mol. The van der Waals surface area contributed by atoms with Crippen molar-refractivity contribution >= 4 is 17.5 Å². The molecule has 0 unspecified atom stereocenters. The van der Waals surface area contributed by atoms with Crippen LogP contribution in [0.5, 0.6) is 5.75 Å². The van der Waals surface area contributed by atoms with E-state index in [1.807, 2.05) is 6.07 Å². The predicted octanol–water partition coefficient (Wildman–Crippen LogP) is 2.90. The summed E-state index contributed by atoms with van der Waals surface area (Å²) in [6, 6.07) is 7.11. The maximum atomic E-state index is 12.0. The summed E-state index contributed by atoms with van der Waals surface area (Å²) in [6.45, 7) is -0.0401. The third-order valence-electron chi connectivity index (χ3n) is 4.01. The van der Waals surface area contributed by atoms with Crippen LogP contribution in [0.1, 0.15) is 31.2 Å². The number of carbonyl (C=O) groups is 1. The first-order chi connectivity index (χ1) is 10.2. The molecule has 1 aromatic carbocycles. The van der Waals surface area contributed by atoms with E-state index in [0.29, 0.717) is 34.2 Å². The summed E-state index contributed by atoms with van der Waals surface area (Å²) < 4.78 is 5.45. The Morgan fingerprint density at radius 3 is 2.57 bits per heavy atom. The van der Waals surface area contributed by atoms with Crippen LogP contribution in [-0.2, 0) is 4.79 Å². The maximum Gasteiger partial charge on any atom is 0.258 e. The maximum absolute atomic E-state index is 12.0. The number of benzene rings is 1. The fraction of sp³-hybridized carbons (Fsp3) is 0.500. The van der Waals surface area contributed by atoms with E-state index < -0.39 is 0 Å². The minimum absolute atomic E-state index is 0.0401. The molecule has 5 heteroatoms. The van der Waals surface area contributed by atoms with Gasteiger partial charge in [-0.05, 0) is 55.7 Å². The van der Waals surface area contributed by atoms with Gasteiger partial charge in [-0.25, -0.2) is 0 Å². The van der Waals surface area contributed by atoms with Gasteiger partial charge >= 0.3 is 0 Å². The highest BCUT2D eigenvalue weighted by molar-refractivity contribution is 6.32. The molecule has 0 heterocycles. The number of nitrogens with zero attached hydrogens (tertiary/aromatic N) is 1. The summed E-state index contributed by atoms with van der Waals surface area (Å²) in [7, 11) is 0. The second-order valence-electron chi connectivity index (χ2n) is 5.81. The van der Waals surface area contributed by atoms with Crippen LogP contribution in [0.4, 0.5) is 0 Å². The van der Waals surface area contributed by atoms with Crippen LogP contribution < -0.4 is 10.1 Å². The summed E-state index contributed by atoms with van der Waals surface area (Å²) in [6.07, 6.45) is 4.90. The first-order valence-electron chi connectivity index (χ1n) is 7.29. The summed E-state index contributed by atoms with van der Waals surface area (Å²) in [5.41, 5.74) is 0.472. The molecule has 2 fully saturated rings. The van der Waals surface area contributed by atoms with Crippen molar-refractivity contribution in [3.63, 3.8) is 0 Å². The van der Waals surface area contributed by atoms with E-state index in [2.05, 4.69) is 5.32 Å². The van der Waals surface area contributed by atoms with E-state index in [4.69, 9.17) is 21.6 Å². The highest BCUT2D eigenvalue weighted by Crippen LogP contribution is 2.44. The number of rotatable bonds is 6. The lowest BCUT2D eigenvalue weighted by Gasteiger charge is -2.18. The van der Waals surface area contributed by atoms with Gasteiger partial charge in [-0.1, -0.05) is 11.6 Å². The molecule has 3 rings (SSSR count). The van der Waals surface area contributed by atoms with Crippen molar-refractivity contribution in [2.24, 2.45) is 11.8 Å². The lowest BCUT2D eigenvalue weighted by Crippen LogP contribution is -2.40. The topological polar surface area (TPSA) is 62.1 Å². The number of ether oxygens (including phenoxy) is 1. The van der Waals surface area contributed by atoms with Crippen LogP contribution in [-0.4, -0.2) is 18.6 Å². The molecule has 2 saturated carbocycles. The van der Waals surface area contributed by atoms with Crippen LogP contribution in [0.2, 0.25) is 5.02 Å². The molecule has 0 bridgehead atoms. The monoisotopic (exact) mass is 304 g/mol. The van der Waals surface area contributed by atoms with Crippen molar-refractivity contribution in [2.75, 3.05) is 6.61 Å². The fourth-order valence-corrected chi connectivity index (χ4v) is 2.82. The number of carbonyl (C=O) groups excluding carboxylic acids is 1. The third kappa shape index (κ3) is 3.68. The van der Waals surface area contributed by atoms with Gasteiger partial charge in [0.1, 0.15) is 5.75 Å². The smallest absolute Gasteiger partial charge is 0.258 e. The summed E-state index contributed by atoms with van der Waals surface area (Å²) in [4.78, 5) is 12.0. The van der Waals surface area contributed by atoms with Gasteiger partial charge in [0.25, 0.3) is 5.91 Å². The molecule has 1 aromatic rings. The van der Waals surface area contributed by atoms with E-state index in [1.165, 1.54) is 31.7 Å². The third-order valence-corrected chi connectivity index (χ3v) is 4.30. The Labute approximate surface area is 129 Å². The van der Waals surface area contributed by atoms with Gasteiger partial charge in [0.15, 0.2) is 6.61 Å². The first kappa shape index (κ1) is 14.2. The van der Waals surface area contributed by atoms with Crippen molar-refractivity contribution in [3.8, 4) is 11.8 Å². The minimum Gasteiger partial charge on any atom is -0.482 e.